The lowest BCUT2D eigenvalue weighted by Crippen LogP contribution is -2.60. The summed E-state index contributed by atoms with van der Waals surface area (Å²) in [4.78, 5) is 13.2. The fraction of sp³-hybridized carbons (Fsp3) is 0.588. The van der Waals surface area contributed by atoms with Crippen LogP contribution in [-0.2, 0) is 11.3 Å². The summed E-state index contributed by atoms with van der Waals surface area (Å²) in [6.45, 7) is 8.14. The van der Waals surface area contributed by atoms with Gasteiger partial charge in [-0.2, -0.15) is 0 Å². The van der Waals surface area contributed by atoms with Crippen molar-refractivity contribution in [3.05, 3.63) is 35.4 Å². The van der Waals surface area contributed by atoms with Crippen LogP contribution in [0.4, 0.5) is 0 Å². The average Bonchev–Trinajstić information content (AvgIpc) is 2.43. The molecule has 2 unspecified atom stereocenters. The summed E-state index contributed by atoms with van der Waals surface area (Å²) in [5.41, 5.74) is 1.63. The Hall–Kier alpha value is -1.39. The molecule has 116 valence electrons. The van der Waals surface area contributed by atoms with Crippen molar-refractivity contribution in [1.82, 2.24) is 4.90 Å². The first kappa shape index (κ1) is 16.0. The minimum absolute atomic E-state index is 0.158. The molecule has 2 atom stereocenters. The summed E-state index contributed by atoms with van der Waals surface area (Å²) in [5, 5.41) is 8.92. The van der Waals surface area contributed by atoms with Gasteiger partial charge in [0.2, 0.25) is 0 Å². The van der Waals surface area contributed by atoms with Crippen LogP contribution < -0.4 is 0 Å². The normalized spacial score (nSPS) is 23.9. The molecule has 1 aromatic carbocycles. The number of carbonyl (C=O) groups is 1. The molecule has 1 N–H and O–H groups in total. The number of benzene rings is 1. The number of nitrogens with zero attached hydrogens (tertiary/aromatic N) is 1. The van der Waals surface area contributed by atoms with Gasteiger partial charge in [0.05, 0.1) is 11.7 Å². The molecule has 0 saturated heterocycles. The van der Waals surface area contributed by atoms with E-state index in [1.54, 1.807) is 12.1 Å². The highest BCUT2D eigenvalue weighted by Crippen LogP contribution is 2.45. The van der Waals surface area contributed by atoms with Gasteiger partial charge < -0.3 is 9.84 Å². The first-order valence-electron chi connectivity index (χ1n) is 7.50. The lowest BCUT2D eigenvalue weighted by Gasteiger charge is -2.55. The van der Waals surface area contributed by atoms with Gasteiger partial charge in [-0.3, -0.25) is 4.90 Å². The smallest absolute Gasteiger partial charge is 0.335 e. The second-order valence-corrected chi connectivity index (χ2v) is 6.43. The minimum Gasteiger partial charge on any atom is -0.478 e. The molecule has 0 amide bonds. The van der Waals surface area contributed by atoms with Gasteiger partial charge in [0.25, 0.3) is 0 Å². The largest absolute Gasteiger partial charge is 0.478 e. The van der Waals surface area contributed by atoms with E-state index in [0.717, 1.165) is 25.1 Å². The molecule has 0 bridgehead atoms. The Morgan fingerprint density at radius 3 is 2.48 bits per heavy atom. The molecule has 0 aliphatic heterocycles. The number of carboxylic acids is 1. The second-order valence-electron chi connectivity index (χ2n) is 6.43. The van der Waals surface area contributed by atoms with Gasteiger partial charge in [-0.25, -0.2) is 4.79 Å². The minimum atomic E-state index is -0.880. The molecule has 0 radical (unpaired) electrons. The Kier molecular flexibility index (Phi) is 4.69. The number of aromatic carboxylic acids is 1. The SMILES string of the molecule is CCOC1CC(N(C)Cc2ccc(C(=O)O)cc2)C1(C)C. The molecule has 1 aliphatic rings. The predicted octanol–water partition coefficient (Wildman–Crippen LogP) is 3.02. The Labute approximate surface area is 126 Å². The van der Waals surface area contributed by atoms with Crippen molar-refractivity contribution >= 4 is 5.97 Å². The second kappa shape index (κ2) is 6.16. The van der Waals surface area contributed by atoms with Crippen LogP contribution in [-0.4, -0.2) is 41.8 Å². The van der Waals surface area contributed by atoms with Gasteiger partial charge in [0.15, 0.2) is 0 Å². The summed E-state index contributed by atoms with van der Waals surface area (Å²) in [7, 11) is 2.12. The van der Waals surface area contributed by atoms with E-state index >= 15 is 0 Å². The number of hydrogen-bond acceptors (Lipinski definition) is 3. The van der Waals surface area contributed by atoms with Gasteiger partial charge in [-0.15, -0.1) is 0 Å². The summed E-state index contributed by atoms with van der Waals surface area (Å²) >= 11 is 0. The third kappa shape index (κ3) is 3.27. The highest BCUT2D eigenvalue weighted by Gasteiger charge is 2.50. The summed E-state index contributed by atoms with van der Waals surface area (Å²) in [6.07, 6.45) is 1.40. The predicted molar refractivity (Wildman–Crippen MR) is 82.5 cm³/mol. The average molecular weight is 291 g/mol. The Morgan fingerprint density at radius 2 is 2.00 bits per heavy atom. The molecular weight excluding hydrogens is 266 g/mol. The molecule has 21 heavy (non-hydrogen) atoms. The quantitative estimate of drug-likeness (QED) is 0.875. The van der Waals surface area contributed by atoms with E-state index in [2.05, 4.69) is 25.8 Å². The van der Waals surface area contributed by atoms with Crippen molar-refractivity contribution in [1.29, 1.82) is 0 Å². The van der Waals surface area contributed by atoms with Crippen LogP contribution in [0.3, 0.4) is 0 Å². The van der Waals surface area contributed by atoms with Crippen LogP contribution in [0.1, 0.15) is 43.1 Å². The number of rotatable bonds is 6. The molecule has 1 fully saturated rings. The maximum atomic E-state index is 10.9. The van der Waals surface area contributed by atoms with Crippen molar-refractivity contribution < 1.29 is 14.6 Å². The molecule has 2 rings (SSSR count). The first-order valence-corrected chi connectivity index (χ1v) is 7.50. The summed E-state index contributed by atoms with van der Waals surface area (Å²) in [5.74, 6) is -0.880. The molecule has 4 heteroatoms. The molecular formula is C17H25NO3. The van der Waals surface area contributed by atoms with E-state index in [1.165, 1.54) is 0 Å². The lowest BCUT2D eigenvalue weighted by molar-refractivity contribution is -0.146. The Balaban J connectivity index is 1.96. The van der Waals surface area contributed by atoms with E-state index < -0.39 is 5.97 Å². The number of ether oxygens (including phenoxy) is 1. The molecule has 0 spiro atoms. The Bertz CT molecular complexity index is 495. The van der Waals surface area contributed by atoms with Gasteiger partial charge in [-0.1, -0.05) is 26.0 Å². The van der Waals surface area contributed by atoms with E-state index in [-0.39, 0.29) is 5.41 Å². The van der Waals surface area contributed by atoms with Crippen molar-refractivity contribution in [2.75, 3.05) is 13.7 Å². The molecule has 0 heterocycles. The molecule has 0 aromatic heterocycles. The van der Waals surface area contributed by atoms with Crippen LogP contribution in [0.5, 0.6) is 0 Å². The van der Waals surface area contributed by atoms with Gasteiger partial charge in [-0.05, 0) is 38.1 Å². The molecule has 1 aromatic rings. The zero-order valence-electron chi connectivity index (χ0n) is 13.3. The molecule has 1 saturated carbocycles. The fourth-order valence-corrected chi connectivity index (χ4v) is 3.25. The van der Waals surface area contributed by atoms with Gasteiger partial charge in [0.1, 0.15) is 0 Å². The van der Waals surface area contributed by atoms with E-state index in [4.69, 9.17) is 9.84 Å². The van der Waals surface area contributed by atoms with Crippen molar-refractivity contribution in [3.8, 4) is 0 Å². The highest BCUT2D eigenvalue weighted by molar-refractivity contribution is 5.87. The van der Waals surface area contributed by atoms with Crippen LogP contribution in [0.2, 0.25) is 0 Å². The van der Waals surface area contributed by atoms with Crippen molar-refractivity contribution in [2.24, 2.45) is 5.41 Å². The van der Waals surface area contributed by atoms with Crippen LogP contribution in [0.25, 0.3) is 0 Å². The monoisotopic (exact) mass is 291 g/mol. The third-order valence-electron chi connectivity index (χ3n) is 4.66. The molecule has 4 nitrogen and oxygen atoms in total. The zero-order chi connectivity index (χ0) is 15.6. The lowest BCUT2D eigenvalue weighted by atomic mass is 9.64. The fourth-order valence-electron chi connectivity index (χ4n) is 3.25. The van der Waals surface area contributed by atoms with Crippen LogP contribution in [0, 0.1) is 5.41 Å². The summed E-state index contributed by atoms with van der Waals surface area (Å²) < 4.78 is 5.77. The molecule has 1 aliphatic carbocycles. The van der Waals surface area contributed by atoms with Crippen LogP contribution in [0.15, 0.2) is 24.3 Å². The van der Waals surface area contributed by atoms with Gasteiger partial charge >= 0.3 is 5.97 Å². The zero-order valence-corrected chi connectivity index (χ0v) is 13.3. The van der Waals surface area contributed by atoms with Gasteiger partial charge in [0, 0.05) is 24.6 Å². The highest BCUT2D eigenvalue weighted by atomic mass is 16.5. The van der Waals surface area contributed by atoms with Crippen molar-refractivity contribution in [3.63, 3.8) is 0 Å². The maximum absolute atomic E-state index is 10.9. The standard InChI is InChI=1S/C17H25NO3/c1-5-21-15-10-14(17(15,2)3)18(4)11-12-6-8-13(9-7-12)16(19)20/h6-9,14-15H,5,10-11H2,1-4H3,(H,19,20). The van der Waals surface area contributed by atoms with E-state index in [0.29, 0.717) is 17.7 Å². The van der Waals surface area contributed by atoms with E-state index in [1.807, 2.05) is 19.1 Å². The Morgan fingerprint density at radius 1 is 1.38 bits per heavy atom. The topological polar surface area (TPSA) is 49.8 Å². The number of hydrogen-bond donors (Lipinski definition) is 1. The third-order valence-corrected chi connectivity index (χ3v) is 4.66. The van der Waals surface area contributed by atoms with Crippen LogP contribution >= 0.6 is 0 Å². The maximum Gasteiger partial charge on any atom is 0.335 e. The van der Waals surface area contributed by atoms with E-state index in [9.17, 15) is 4.79 Å². The summed E-state index contributed by atoms with van der Waals surface area (Å²) in [6, 6.07) is 7.62. The van der Waals surface area contributed by atoms with Crippen molar-refractivity contribution in [2.45, 2.75) is 45.9 Å². The number of carboxylic acid groups (broad SMARTS) is 1. The first-order chi connectivity index (χ1) is 9.86.